The molecule has 2 saturated heterocycles. The highest BCUT2D eigenvalue weighted by Gasteiger charge is 2.42. The predicted molar refractivity (Wildman–Crippen MR) is 134 cm³/mol. The average Bonchev–Trinajstić information content (AvgIpc) is 3.13. The van der Waals surface area contributed by atoms with Crippen molar-refractivity contribution in [2.24, 2.45) is 0 Å². The van der Waals surface area contributed by atoms with Crippen molar-refractivity contribution in [2.45, 2.75) is 31.5 Å². The fourth-order valence-corrected chi connectivity index (χ4v) is 5.85. The maximum Gasteiger partial charge on any atom is 0.254 e. The van der Waals surface area contributed by atoms with E-state index in [-0.39, 0.29) is 18.0 Å². The third kappa shape index (κ3) is 4.23. The van der Waals surface area contributed by atoms with Crippen LogP contribution in [0.3, 0.4) is 0 Å². The van der Waals surface area contributed by atoms with E-state index in [0.29, 0.717) is 17.7 Å². The molecule has 3 aliphatic heterocycles. The highest BCUT2D eigenvalue weighted by Crippen LogP contribution is 2.35. The van der Waals surface area contributed by atoms with E-state index < -0.39 is 11.6 Å². The van der Waals surface area contributed by atoms with Gasteiger partial charge in [-0.2, -0.15) is 0 Å². The summed E-state index contributed by atoms with van der Waals surface area (Å²) in [5.41, 5.74) is 4.75. The van der Waals surface area contributed by atoms with E-state index in [1.807, 2.05) is 41.3 Å². The van der Waals surface area contributed by atoms with Crippen molar-refractivity contribution >= 4 is 23.4 Å². The van der Waals surface area contributed by atoms with Crippen molar-refractivity contribution in [3.63, 3.8) is 0 Å². The number of amides is 1. The van der Waals surface area contributed by atoms with Crippen LogP contribution in [-0.4, -0.2) is 47.4 Å². The molecule has 3 aromatic rings. The van der Waals surface area contributed by atoms with Crippen LogP contribution in [0.2, 0.25) is 0 Å². The lowest BCUT2D eigenvalue weighted by atomic mass is 10.1. The molecule has 2 bridgehead atoms. The van der Waals surface area contributed by atoms with E-state index in [1.165, 1.54) is 23.4 Å². The lowest BCUT2D eigenvalue weighted by molar-refractivity contribution is 0.0405. The number of hydrogen-bond donors (Lipinski definition) is 0. The summed E-state index contributed by atoms with van der Waals surface area (Å²) in [4.78, 5) is 20.0. The molecule has 3 heterocycles. The second-order valence-electron chi connectivity index (χ2n) is 9.69. The normalized spacial score (nSPS) is 21.3. The molecule has 2 atom stereocenters. The van der Waals surface area contributed by atoms with Crippen molar-refractivity contribution < 1.29 is 13.6 Å². The van der Waals surface area contributed by atoms with Crippen LogP contribution >= 0.6 is 0 Å². The SMILES string of the molecule is O=C(c1ccc(N2CC=Cc3ccccc32)cc1)N1C2CCC1CN(Cc1cc(F)cc(F)c1)C2. The van der Waals surface area contributed by atoms with Crippen LogP contribution < -0.4 is 4.90 Å². The molecule has 6 rings (SSSR count). The van der Waals surface area contributed by atoms with Crippen LogP contribution in [0, 0.1) is 11.6 Å². The van der Waals surface area contributed by atoms with Gasteiger partial charge < -0.3 is 9.80 Å². The summed E-state index contributed by atoms with van der Waals surface area (Å²) >= 11 is 0. The number of halogens is 2. The van der Waals surface area contributed by atoms with Crippen molar-refractivity contribution in [1.29, 1.82) is 0 Å². The first-order valence-corrected chi connectivity index (χ1v) is 12.2. The molecule has 0 spiro atoms. The third-order valence-electron chi connectivity index (χ3n) is 7.36. The molecule has 2 unspecified atom stereocenters. The van der Waals surface area contributed by atoms with E-state index in [2.05, 4.69) is 34.1 Å². The Morgan fingerprint density at radius 3 is 2.29 bits per heavy atom. The van der Waals surface area contributed by atoms with E-state index in [0.717, 1.165) is 44.2 Å². The third-order valence-corrected chi connectivity index (χ3v) is 7.36. The second kappa shape index (κ2) is 8.93. The highest BCUT2D eigenvalue weighted by atomic mass is 19.1. The molecular weight excluding hydrogens is 444 g/mol. The summed E-state index contributed by atoms with van der Waals surface area (Å²) in [6.07, 6.45) is 6.21. The molecule has 0 N–H and O–H groups in total. The Hall–Kier alpha value is -3.51. The van der Waals surface area contributed by atoms with Gasteiger partial charge in [0, 0.05) is 61.3 Å². The summed E-state index contributed by atoms with van der Waals surface area (Å²) in [5, 5.41) is 0. The number of hydrogen-bond acceptors (Lipinski definition) is 3. The van der Waals surface area contributed by atoms with Gasteiger partial charge in [0.2, 0.25) is 0 Å². The predicted octanol–water partition coefficient (Wildman–Crippen LogP) is 5.62. The van der Waals surface area contributed by atoms with Crippen molar-refractivity contribution in [1.82, 2.24) is 9.80 Å². The molecule has 0 saturated carbocycles. The Labute approximate surface area is 204 Å². The van der Waals surface area contributed by atoms with E-state index in [9.17, 15) is 13.6 Å². The average molecular weight is 472 g/mol. The smallest absolute Gasteiger partial charge is 0.254 e. The molecule has 3 aromatic carbocycles. The zero-order valence-electron chi connectivity index (χ0n) is 19.4. The molecule has 6 heteroatoms. The van der Waals surface area contributed by atoms with Crippen LogP contribution in [0.1, 0.15) is 34.3 Å². The number of rotatable bonds is 4. The molecule has 4 nitrogen and oxygen atoms in total. The maximum atomic E-state index is 13.6. The number of benzene rings is 3. The number of nitrogens with zero attached hydrogens (tertiary/aromatic N) is 3. The van der Waals surface area contributed by atoms with Crippen molar-refractivity contribution in [3.8, 4) is 0 Å². The van der Waals surface area contributed by atoms with Crippen molar-refractivity contribution in [3.05, 3.63) is 101 Å². The fourth-order valence-electron chi connectivity index (χ4n) is 5.85. The number of para-hydroxylation sites is 1. The van der Waals surface area contributed by atoms with Gasteiger partial charge in [-0.3, -0.25) is 9.69 Å². The minimum Gasteiger partial charge on any atom is -0.337 e. The topological polar surface area (TPSA) is 26.8 Å². The number of carbonyl (C=O) groups excluding carboxylic acids is 1. The molecule has 2 fully saturated rings. The van der Waals surface area contributed by atoms with Gasteiger partial charge in [0.1, 0.15) is 11.6 Å². The van der Waals surface area contributed by atoms with Crippen LogP contribution in [0.4, 0.5) is 20.2 Å². The van der Waals surface area contributed by atoms with Gasteiger partial charge in [0.15, 0.2) is 0 Å². The first kappa shape index (κ1) is 22.0. The Bertz CT molecular complexity index is 1260. The van der Waals surface area contributed by atoms with Crippen LogP contribution in [-0.2, 0) is 6.54 Å². The quantitative estimate of drug-likeness (QED) is 0.494. The van der Waals surface area contributed by atoms with Gasteiger partial charge in [-0.05, 0) is 66.4 Å². The summed E-state index contributed by atoms with van der Waals surface area (Å²) in [7, 11) is 0. The Balaban J connectivity index is 1.15. The standard InChI is InChI=1S/C29H27F2N3O/c30-23-14-20(15-24(31)16-23)17-32-18-26-11-12-27(19-32)34(26)29(35)22-7-9-25(10-8-22)33-13-3-5-21-4-1-2-6-28(21)33/h1-10,14-16,26-27H,11-13,17-19H2. The number of piperazine rings is 1. The summed E-state index contributed by atoms with van der Waals surface area (Å²) < 4.78 is 27.2. The van der Waals surface area contributed by atoms with E-state index in [1.54, 1.807) is 0 Å². The number of anilines is 2. The lowest BCUT2D eigenvalue weighted by Gasteiger charge is -2.41. The molecule has 0 aromatic heterocycles. The van der Waals surface area contributed by atoms with E-state index >= 15 is 0 Å². The monoisotopic (exact) mass is 471 g/mol. The number of carbonyl (C=O) groups is 1. The molecule has 178 valence electrons. The van der Waals surface area contributed by atoms with Gasteiger partial charge in [-0.1, -0.05) is 30.4 Å². The molecule has 0 radical (unpaired) electrons. The zero-order valence-corrected chi connectivity index (χ0v) is 19.4. The zero-order chi connectivity index (χ0) is 23.9. The highest BCUT2D eigenvalue weighted by molar-refractivity contribution is 5.95. The molecule has 35 heavy (non-hydrogen) atoms. The Kier molecular flexibility index (Phi) is 5.61. The lowest BCUT2D eigenvalue weighted by Crippen LogP contribution is -2.55. The van der Waals surface area contributed by atoms with Crippen LogP contribution in [0.5, 0.6) is 0 Å². The second-order valence-corrected chi connectivity index (χ2v) is 9.69. The largest absolute Gasteiger partial charge is 0.337 e. The summed E-state index contributed by atoms with van der Waals surface area (Å²) in [6.45, 7) is 2.72. The molecule has 1 amide bonds. The van der Waals surface area contributed by atoms with E-state index in [4.69, 9.17) is 0 Å². The summed E-state index contributed by atoms with van der Waals surface area (Å²) in [6, 6.07) is 20.2. The number of likely N-dealkylation sites (tertiary alicyclic amines) is 1. The van der Waals surface area contributed by atoms with Gasteiger partial charge in [-0.25, -0.2) is 8.78 Å². The molecule has 0 aliphatic carbocycles. The van der Waals surface area contributed by atoms with Gasteiger partial charge in [-0.15, -0.1) is 0 Å². The fraction of sp³-hybridized carbons (Fsp3) is 0.276. The minimum atomic E-state index is -0.552. The first-order chi connectivity index (χ1) is 17.0. The maximum absolute atomic E-state index is 13.6. The Morgan fingerprint density at radius 1 is 0.886 bits per heavy atom. The van der Waals surface area contributed by atoms with Gasteiger partial charge in [0.25, 0.3) is 5.91 Å². The van der Waals surface area contributed by atoms with Crippen LogP contribution in [0.15, 0.2) is 72.8 Å². The minimum absolute atomic E-state index is 0.0689. The summed E-state index contributed by atoms with van der Waals surface area (Å²) in [5.74, 6) is -1.03. The van der Waals surface area contributed by atoms with Gasteiger partial charge >= 0.3 is 0 Å². The first-order valence-electron chi connectivity index (χ1n) is 12.2. The van der Waals surface area contributed by atoms with Crippen LogP contribution in [0.25, 0.3) is 6.08 Å². The van der Waals surface area contributed by atoms with Crippen molar-refractivity contribution in [2.75, 3.05) is 24.5 Å². The Morgan fingerprint density at radius 2 is 1.57 bits per heavy atom. The molecule has 3 aliphatic rings. The number of fused-ring (bicyclic) bond motifs is 3. The van der Waals surface area contributed by atoms with Gasteiger partial charge in [0.05, 0.1) is 0 Å². The molecular formula is C29H27F2N3O.